The van der Waals surface area contributed by atoms with Crippen molar-refractivity contribution in [2.24, 2.45) is 5.92 Å². The maximum atomic E-state index is 10.2. The van der Waals surface area contributed by atoms with E-state index in [1.54, 1.807) is 7.11 Å². The molecule has 3 heteroatoms. The van der Waals surface area contributed by atoms with Gasteiger partial charge in [-0.05, 0) is 38.5 Å². The van der Waals surface area contributed by atoms with Gasteiger partial charge in [-0.25, -0.2) is 0 Å². The molecule has 0 radical (unpaired) electrons. The summed E-state index contributed by atoms with van der Waals surface area (Å²) < 4.78 is 5.20. The Labute approximate surface area is 106 Å². The SMILES string of the molecule is CCC(C)N(CCOC)C1CC(C)CCC1O. The fourth-order valence-electron chi connectivity index (χ4n) is 2.84. The maximum Gasteiger partial charge on any atom is 0.0695 e. The quantitative estimate of drug-likeness (QED) is 0.777. The van der Waals surface area contributed by atoms with E-state index in [0.717, 1.165) is 44.8 Å². The lowest BCUT2D eigenvalue weighted by Crippen LogP contribution is -2.51. The molecular formula is C14H29NO2. The summed E-state index contributed by atoms with van der Waals surface area (Å²) >= 11 is 0. The van der Waals surface area contributed by atoms with Crippen LogP contribution in [0.1, 0.15) is 46.5 Å². The minimum absolute atomic E-state index is 0.156. The van der Waals surface area contributed by atoms with Crippen molar-refractivity contribution in [2.45, 2.75) is 64.6 Å². The highest BCUT2D eigenvalue weighted by Crippen LogP contribution is 2.29. The second kappa shape index (κ2) is 7.34. The highest BCUT2D eigenvalue weighted by Gasteiger charge is 2.33. The highest BCUT2D eigenvalue weighted by molar-refractivity contribution is 4.87. The lowest BCUT2D eigenvalue weighted by molar-refractivity contribution is -0.0212. The van der Waals surface area contributed by atoms with Crippen molar-refractivity contribution in [2.75, 3.05) is 20.3 Å². The molecule has 0 aliphatic heterocycles. The molecule has 0 saturated heterocycles. The molecule has 4 atom stereocenters. The van der Waals surface area contributed by atoms with Gasteiger partial charge in [-0.3, -0.25) is 4.90 Å². The van der Waals surface area contributed by atoms with Gasteiger partial charge < -0.3 is 9.84 Å². The summed E-state index contributed by atoms with van der Waals surface area (Å²) in [6, 6.07) is 0.846. The third-order valence-corrected chi connectivity index (χ3v) is 4.18. The molecular weight excluding hydrogens is 214 g/mol. The maximum absolute atomic E-state index is 10.2. The highest BCUT2D eigenvalue weighted by atomic mass is 16.5. The van der Waals surface area contributed by atoms with Gasteiger partial charge in [0.1, 0.15) is 0 Å². The van der Waals surface area contributed by atoms with Gasteiger partial charge in [-0.2, -0.15) is 0 Å². The minimum Gasteiger partial charge on any atom is -0.391 e. The molecule has 3 nitrogen and oxygen atoms in total. The van der Waals surface area contributed by atoms with E-state index in [1.165, 1.54) is 0 Å². The van der Waals surface area contributed by atoms with E-state index in [9.17, 15) is 5.11 Å². The molecule has 0 aromatic carbocycles. The molecule has 0 spiro atoms. The molecule has 1 saturated carbocycles. The van der Waals surface area contributed by atoms with E-state index < -0.39 is 0 Å². The van der Waals surface area contributed by atoms with Crippen molar-refractivity contribution in [3.63, 3.8) is 0 Å². The fraction of sp³-hybridized carbons (Fsp3) is 1.00. The molecule has 17 heavy (non-hydrogen) atoms. The lowest BCUT2D eigenvalue weighted by atomic mass is 9.83. The monoisotopic (exact) mass is 243 g/mol. The molecule has 1 fully saturated rings. The largest absolute Gasteiger partial charge is 0.391 e. The van der Waals surface area contributed by atoms with Crippen molar-refractivity contribution in [1.29, 1.82) is 0 Å². The Kier molecular flexibility index (Phi) is 6.45. The minimum atomic E-state index is -0.156. The van der Waals surface area contributed by atoms with E-state index in [-0.39, 0.29) is 6.10 Å². The van der Waals surface area contributed by atoms with E-state index >= 15 is 0 Å². The van der Waals surface area contributed by atoms with Crippen molar-refractivity contribution in [3.8, 4) is 0 Å². The Morgan fingerprint density at radius 3 is 2.71 bits per heavy atom. The number of rotatable bonds is 6. The van der Waals surface area contributed by atoms with Gasteiger partial charge in [0.05, 0.1) is 12.7 Å². The third kappa shape index (κ3) is 4.23. The van der Waals surface area contributed by atoms with Crippen LogP contribution in [0.15, 0.2) is 0 Å². The molecule has 1 N–H and O–H groups in total. The molecule has 0 aromatic rings. The first-order valence-corrected chi connectivity index (χ1v) is 7.02. The Bertz CT molecular complexity index is 210. The lowest BCUT2D eigenvalue weighted by Gasteiger charge is -2.42. The molecule has 102 valence electrons. The number of nitrogens with zero attached hydrogens (tertiary/aromatic N) is 1. The second-order valence-electron chi connectivity index (χ2n) is 5.54. The number of aliphatic hydroxyl groups excluding tert-OH is 1. The van der Waals surface area contributed by atoms with Gasteiger partial charge in [0.25, 0.3) is 0 Å². The van der Waals surface area contributed by atoms with Gasteiger partial charge >= 0.3 is 0 Å². The smallest absolute Gasteiger partial charge is 0.0695 e. The van der Waals surface area contributed by atoms with E-state index in [0.29, 0.717) is 12.1 Å². The number of ether oxygens (including phenoxy) is 1. The van der Waals surface area contributed by atoms with Crippen LogP contribution in [0.3, 0.4) is 0 Å². The predicted octanol–water partition coefficient (Wildman–Crippen LogP) is 2.28. The molecule has 1 aliphatic rings. The first-order valence-electron chi connectivity index (χ1n) is 7.02. The summed E-state index contributed by atoms with van der Waals surface area (Å²) in [7, 11) is 1.74. The van der Waals surface area contributed by atoms with Crippen LogP contribution < -0.4 is 0 Å². The normalized spacial score (nSPS) is 31.8. The van der Waals surface area contributed by atoms with E-state index in [1.807, 2.05) is 0 Å². The van der Waals surface area contributed by atoms with Crippen molar-refractivity contribution >= 4 is 0 Å². The summed E-state index contributed by atoms with van der Waals surface area (Å²) in [5.41, 5.74) is 0. The Balaban J connectivity index is 2.65. The summed E-state index contributed by atoms with van der Waals surface area (Å²) in [4.78, 5) is 2.45. The van der Waals surface area contributed by atoms with Crippen LogP contribution in [0, 0.1) is 5.92 Å². The van der Waals surface area contributed by atoms with Crippen LogP contribution >= 0.6 is 0 Å². The average molecular weight is 243 g/mol. The standard InChI is InChI=1S/C14H29NO2/c1-5-12(3)15(8-9-17-4)13-10-11(2)6-7-14(13)16/h11-14,16H,5-10H2,1-4H3. The second-order valence-corrected chi connectivity index (χ2v) is 5.54. The molecule has 1 rings (SSSR count). The molecule has 1 aliphatic carbocycles. The molecule has 0 amide bonds. The first-order chi connectivity index (χ1) is 8.10. The first kappa shape index (κ1) is 14.9. The van der Waals surface area contributed by atoms with Gasteiger partial charge in [0, 0.05) is 25.7 Å². The Hall–Kier alpha value is -0.120. The summed E-state index contributed by atoms with van der Waals surface area (Å²) in [5.74, 6) is 0.734. The van der Waals surface area contributed by atoms with Crippen LogP contribution in [-0.4, -0.2) is 48.5 Å². The topological polar surface area (TPSA) is 32.7 Å². The van der Waals surface area contributed by atoms with Crippen LogP contribution in [0.2, 0.25) is 0 Å². The zero-order valence-electron chi connectivity index (χ0n) is 11.9. The third-order valence-electron chi connectivity index (χ3n) is 4.18. The molecule has 0 heterocycles. The predicted molar refractivity (Wildman–Crippen MR) is 71.1 cm³/mol. The zero-order chi connectivity index (χ0) is 12.8. The van der Waals surface area contributed by atoms with Crippen LogP contribution in [0.5, 0.6) is 0 Å². The summed E-state index contributed by atoms with van der Waals surface area (Å²) in [6.45, 7) is 8.44. The summed E-state index contributed by atoms with van der Waals surface area (Å²) in [5, 5.41) is 10.2. The van der Waals surface area contributed by atoms with Crippen LogP contribution in [-0.2, 0) is 4.74 Å². The summed E-state index contributed by atoms with van der Waals surface area (Å²) in [6.07, 6.45) is 4.20. The average Bonchev–Trinajstić information content (AvgIpc) is 2.33. The zero-order valence-corrected chi connectivity index (χ0v) is 11.9. The molecule has 4 unspecified atom stereocenters. The molecule has 0 aromatic heterocycles. The number of methoxy groups -OCH3 is 1. The van der Waals surface area contributed by atoms with Crippen molar-refractivity contribution < 1.29 is 9.84 Å². The van der Waals surface area contributed by atoms with Crippen LogP contribution in [0.4, 0.5) is 0 Å². The number of aliphatic hydroxyl groups is 1. The Morgan fingerprint density at radius 2 is 2.12 bits per heavy atom. The number of hydrogen-bond acceptors (Lipinski definition) is 3. The number of hydrogen-bond donors (Lipinski definition) is 1. The van der Waals surface area contributed by atoms with Gasteiger partial charge in [0.15, 0.2) is 0 Å². The van der Waals surface area contributed by atoms with E-state index in [2.05, 4.69) is 25.7 Å². The van der Waals surface area contributed by atoms with E-state index in [4.69, 9.17) is 4.74 Å². The van der Waals surface area contributed by atoms with Crippen molar-refractivity contribution in [1.82, 2.24) is 4.90 Å². The van der Waals surface area contributed by atoms with Gasteiger partial charge in [-0.15, -0.1) is 0 Å². The Morgan fingerprint density at radius 1 is 1.41 bits per heavy atom. The van der Waals surface area contributed by atoms with Gasteiger partial charge in [0.2, 0.25) is 0 Å². The fourth-order valence-corrected chi connectivity index (χ4v) is 2.84. The van der Waals surface area contributed by atoms with Crippen LogP contribution in [0.25, 0.3) is 0 Å². The molecule has 0 bridgehead atoms. The van der Waals surface area contributed by atoms with Crippen molar-refractivity contribution in [3.05, 3.63) is 0 Å². The van der Waals surface area contributed by atoms with Gasteiger partial charge in [-0.1, -0.05) is 13.8 Å².